The van der Waals surface area contributed by atoms with E-state index < -0.39 is 0 Å². The monoisotopic (exact) mass is 324 g/mol. The molecule has 1 aliphatic heterocycles. The van der Waals surface area contributed by atoms with Crippen LogP contribution < -0.4 is 10.6 Å². The fraction of sp³-hybridized carbons (Fsp3) is 0.350. The van der Waals surface area contributed by atoms with Crippen LogP contribution in [-0.2, 0) is 16.0 Å². The van der Waals surface area contributed by atoms with Gasteiger partial charge in [-0.1, -0.05) is 25.1 Å². The standard InChI is InChI=1S/C20H24N2O2/c1-3-15-7-4-6-14(2)19(15)21-16-9-11-17(12-10-16)22-20(23)18-8-5-13-24-18/h4,6-7,9-12,18,21H,3,5,8,13H2,1-2H3,(H,22,23). The minimum absolute atomic E-state index is 0.0552. The molecule has 2 aromatic rings. The molecule has 1 amide bonds. The normalized spacial score (nSPS) is 16.8. The van der Waals surface area contributed by atoms with Crippen LogP contribution in [0.3, 0.4) is 0 Å². The van der Waals surface area contributed by atoms with E-state index in [0.29, 0.717) is 6.61 Å². The number of hydrogen-bond acceptors (Lipinski definition) is 3. The molecule has 24 heavy (non-hydrogen) atoms. The van der Waals surface area contributed by atoms with Crippen molar-refractivity contribution in [1.29, 1.82) is 0 Å². The summed E-state index contributed by atoms with van der Waals surface area (Å²) in [6, 6.07) is 14.1. The number of aryl methyl sites for hydroxylation is 2. The minimum atomic E-state index is -0.304. The van der Waals surface area contributed by atoms with Crippen LogP contribution in [0.4, 0.5) is 17.1 Å². The Hall–Kier alpha value is -2.33. The van der Waals surface area contributed by atoms with Crippen molar-refractivity contribution in [2.75, 3.05) is 17.2 Å². The van der Waals surface area contributed by atoms with Gasteiger partial charge in [-0.05, 0) is 61.6 Å². The van der Waals surface area contributed by atoms with E-state index in [1.54, 1.807) is 0 Å². The molecule has 1 saturated heterocycles. The van der Waals surface area contributed by atoms with Crippen LogP contribution in [-0.4, -0.2) is 18.6 Å². The van der Waals surface area contributed by atoms with Crippen LogP contribution in [0.5, 0.6) is 0 Å². The van der Waals surface area contributed by atoms with E-state index in [0.717, 1.165) is 36.3 Å². The van der Waals surface area contributed by atoms with Gasteiger partial charge in [-0.15, -0.1) is 0 Å². The molecule has 1 unspecified atom stereocenters. The highest BCUT2D eigenvalue weighted by atomic mass is 16.5. The summed E-state index contributed by atoms with van der Waals surface area (Å²) in [6.07, 6.45) is 2.44. The highest BCUT2D eigenvalue weighted by molar-refractivity contribution is 5.94. The summed E-state index contributed by atoms with van der Waals surface area (Å²) in [4.78, 5) is 12.1. The summed E-state index contributed by atoms with van der Waals surface area (Å²) >= 11 is 0. The highest BCUT2D eigenvalue weighted by Crippen LogP contribution is 2.26. The van der Waals surface area contributed by atoms with Crippen LogP contribution in [0.25, 0.3) is 0 Å². The van der Waals surface area contributed by atoms with E-state index in [1.165, 1.54) is 11.1 Å². The number of carbonyl (C=O) groups is 1. The third kappa shape index (κ3) is 3.77. The predicted molar refractivity (Wildman–Crippen MR) is 97.9 cm³/mol. The molecule has 1 heterocycles. The van der Waals surface area contributed by atoms with Gasteiger partial charge in [0.25, 0.3) is 5.91 Å². The van der Waals surface area contributed by atoms with Crippen molar-refractivity contribution in [1.82, 2.24) is 0 Å². The molecule has 2 N–H and O–H groups in total. The second kappa shape index (κ2) is 7.49. The zero-order valence-electron chi connectivity index (χ0n) is 14.3. The molecule has 0 bridgehead atoms. The lowest BCUT2D eigenvalue weighted by atomic mass is 10.1. The van der Waals surface area contributed by atoms with Crippen molar-refractivity contribution in [3.05, 3.63) is 53.6 Å². The third-order valence-corrected chi connectivity index (χ3v) is 4.38. The van der Waals surface area contributed by atoms with Crippen LogP contribution in [0, 0.1) is 6.92 Å². The smallest absolute Gasteiger partial charge is 0.253 e. The molecule has 1 aliphatic rings. The Labute approximate surface area is 143 Å². The van der Waals surface area contributed by atoms with Gasteiger partial charge >= 0.3 is 0 Å². The highest BCUT2D eigenvalue weighted by Gasteiger charge is 2.23. The van der Waals surface area contributed by atoms with E-state index in [1.807, 2.05) is 24.3 Å². The summed E-state index contributed by atoms with van der Waals surface area (Å²) < 4.78 is 5.40. The van der Waals surface area contributed by atoms with Crippen molar-refractivity contribution in [3.63, 3.8) is 0 Å². The molecule has 4 nitrogen and oxygen atoms in total. The van der Waals surface area contributed by atoms with Crippen molar-refractivity contribution in [2.24, 2.45) is 0 Å². The SMILES string of the molecule is CCc1cccc(C)c1Nc1ccc(NC(=O)C2CCCO2)cc1. The van der Waals surface area contributed by atoms with Crippen molar-refractivity contribution in [2.45, 2.75) is 39.2 Å². The van der Waals surface area contributed by atoms with E-state index in [9.17, 15) is 4.79 Å². The average Bonchev–Trinajstić information content (AvgIpc) is 3.13. The molecule has 2 aromatic carbocycles. The number of hydrogen-bond donors (Lipinski definition) is 2. The maximum Gasteiger partial charge on any atom is 0.253 e. The number of anilines is 3. The zero-order valence-corrected chi connectivity index (χ0v) is 14.3. The Morgan fingerprint density at radius 1 is 1.17 bits per heavy atom. The van der Waals surface area contributed by atoms with Gasteiger partial charge in [-0.25, -0.2) is 0 Å². The Morgan fingerprint density at radius 2 is 1.92 bits per heavy atom. The molecule has 0 saturated carbocycles. The van der Waals surface area contributed by atoms with Crippen LogP contribution in [0.2, 0.25) is 0 Å². The zero-order chi connectivity index (χ0) is 16.9. The first-order valence-corrected chi connectivity index (χ1v) is 8.55. The Kier molecular flexibility index (Phi) is 5.16. The lowest BCUT2D eigenvalue weighted by Gasteiger charge is -2.15. The first-order valence-electron chi connectivity index (χ1n) is 8.55. The fourth-order valence-corrected chi connectivity index (χ4v) is 2.99. The van der Waals surface area contributed by atoms with Gasteiger partial charge in [-0.3, -0.25) is 4.79 Å². The fourth-order valence-electron chi connectivity index (χ4n) is 2.99. The largest absolute Gasteiger partial charge is 0.368 e. The molecule has 1 fully saturated rings. The molecular weight excluding hydrogens is 300 g/mol. The van der Waals surface area contributed by atoms with Gasteiger partial charge in [0, 0.05) is 23.7 Å². The van der Waals surface area contributed by atoms with Crippen LogP contribution >= 0.6 is 0 Å². The Balaban J connectivity index is 1.68. The minimum Gasteiger partial charge on any atom is -0.368 e. The van der Waals surface area contributed by atoms with Gasteiger partial charge in [0.1, 0.15) is 6.10 Å². The van der Waals surface area contributed by atoms with Gasteiger partial charge < -0.3 is 15.4 Å². The number of rotatable bonds is 5. The van der Waals surface area contributed by atoms with Gasteiger partial charge in [0.2, 0.25) is 0 Å². The van der Waals surface area contributed by atoms with Gasteiger partial charge in [0.05, 0.1) is 0 Å². The molecule has 1 atom stereocenters. The second-order valence-electron chi connectivity index (χ2n) is 6.16. The van der Waals surface area contributed by atoms with Crippen molar-refractivity contribution >= 4 is 23.0 Å². The van der Waals surface area contributed by atoms with Gasteiger partial charge in [0.15, 0.2) is 0 Å². The topological polar surface area (TPSA) is 50.4 Å². The Bertz CT molecular complexity index is 704. The Morgan fingerprint density at radius 3 is 2.58 bits per heavy atom. The summed E-state index contributed by atoms with van der Waals surface area (Å²) in [5.74, 6) is -0.0552. The first kappa shape index (κ1) is 16.5. The number of para-hydroxylation sites is 1. The van der Waals surface area contributed by atoms with Crippen molar-refractivity contribution in [3.8, 4) is 0 Å². The lowest BCUT2D eigenvalue weighted by molar-refractivity contribution is -0.124. The number of ether oxygens (including phenoxy) is 1. The summed E-state index contributed by atoms with van der Waals surface area (Å²) in [6.45, 7) is 4.94. The molecular formula is C20H24N2O2. The summed E-state index contributed by atoms with van der Waals surface area (Å²) in [5, 5.41) is 6.41. The number of nitrogens with one attached hydrogen (secondary N) is 2. The quantitative estimate of drug-likeness (QED) is 0.856. The molecule has 0 aliphatic carbocycles. The molecule has 4 heteroatoms. The van der Waals surface area contributed by atoms with E-state index in [2.05, 4.69) is 42.7 Å². The number of benzene rings is 2. The average molecular weight is 324 g/mol. The summed E-state index contributed by atoms with van der Waals surface area (Å²) in [7, 11) is 0. The van der Waals surface area contributed by atoms with Crippen LogP contribution in [0.15, 0.2) is 42.5 Å². The maximum absolute atomic E-state index is 12.1. The molecule has 0 spiro atoms. The van der Waals surface area contributed by atoms with E-state index in [-0.39, 0.29) is 12.0 Å². The molecule has 3 rings (SSSR count). The van der Waals surface area contributed by atoms with Gasteiger partial charge in [-0.2, -0.15) is 0 Å². The molecule has 0 aromatic heterocycles. The summed E-state index contributed by atoms with van der Waals surface area (Å²) in [5.41, 5.74) is 5.49. The lowest BCUT2D eigenvalue weighted by Crippen LogP contribution is -2.26. The molecule has 126 valence electrons. The van der Waals surface area contributed by atoms with E-state index in [4.69, 9.17) is 4.74 Å². The molecule has 0 radical (unpaired) electrons. The maximum atomic E-state index is 12.1. The van der Waals surface area contributed by atoms with Crippen molar-refractivity contribution < 1.29 is 9.53 Å². The predicted octanol–water partition coefficient (Wildman–Crippen LogP) is 4.42. The number of amides is 1. The number of carbonyl (C=O) groups excluding carboxylic acids is 1. The third-order valence-electron chi connectivity index (χ3n) is 4.38. The first-order chi connectivity index (χ1) is 11.7. The second-order valence-corrected chi connectivity index (χ2v) is 6.16. The van der Waals surface area contributed by atoms with Crippen LogP contribution in [0.1, 0.15) is 30.9 Å². The van der Waals surface area contributed by atoms with E-state index >= 15 is 0 Å².